The van der Waals surface area contributed by atoms with Gasteiger partial charge in [-0.05, 0) is 25.0 Å². The van der Waals surface area contributed by atoms with Crippen molar-refractivity contribution in [3.05, 3.63) is 29.8 Å². The van der Waals surface area contributed by atoms with E-state index in [1.54, 1.807) is 0 Å². The summed E-state index contributed by atoms with van der Waals surface area (Å²) in [7, 11) is 0. The maximum absolute atomic E-state index is 10.1. The number of benzene rings is 1. The molecule has 1 spiro atoms. The molecule has 0 radical (unpaired) electrons. The third-order valence-electron chi connectivity index (χ3n) is 3.95. The quantitative estimate of drug-likeness (QED) is 0.888. The van der Waals surface area contributed by atoms with E-state index in [0.717, 1.165) is 17.7 Å². The molecule has 2 fully saturated rings. The predicted molar refractivity (Wildman–Crippen MR) is 70.1 cm³/mol. The monoisotopic (exact) mass is 264 g/mol. The minimum absolute atomic E-state index is 0.270. The molecule has 1 N–H and O–H groups in total. The average molecular weight is 264 g/mol. The number of aryl methyl sites for hydroxylation is 1. The molecule has 0 aromatic heterocycles. The second-order valence-corrected chi connectivity index (χ2v) is 5.34. The van der Waals surface area contributed by atoms with Crippen molar-refractivity contribution in [3.8, 4) is 5.75 Å². The van der Waals surface area contributed by atoms with E-state index in [2.05, 4.69) is 0 Å². The Morgan fingerprint density at radius 2 is 2.00 bits per heavy atom. The minimum atomic E-state index is -0.535. The first-order valence-corrected chi connectivity index (χ1v) is 6.87. The van der Waals surface area contributed by atoms with E-state index in [1.165, 1.54) is 0 Å². The lowest BCUT2D eigenvalue weighted by Crippen LogP contribution is -2.47. The summed E-state index contributed by atoms with van der Waals surface area (Å²) in [4.78, 5) is 0. The van der Waals surface area contributed by atoms with Crippen LogP contribution < -0.4 is 4.74 Å². The van der Waals surface area contributed by atoms with E-state index in [0.29, 0.717) is 26.1 Å². The zero-order valence-electron chi connectivity index (χ0n) is 11.2. The first-order chi connectivity index (χ1) is 9.19. The Balaban J connectivity index is 1.73. The summed E-state index contributed by atoms with van der Waals surface area (Å²) in [6.07, 6.45) is 1.24. The summed E-state index contributed by atoms with van der Waals surface area (Å²) < 4.78 is 17.4. The van der Waals surface area contributed by atoms with Crippen LogP contribution >= 0.6 is 0 Å². The van der Waals surface area contributed by atoms with E-state index in [-0.39, 0.29) is 6.10 Å². The van der Waals surface area contributed by atoms with E-state index < -0.39 is 11.9 Å². The number of para-hydroxylation sites is 1. The molecule has 4 nitrogen and oxygen atoms in total. The summed E-state index contributed by atoms with van der Waals surface area (Å²) in [6.45, 7) is 3.27. The normalized spacial score (nSPS) is 29.6. The number of ether oxygens (including phenoxy) is 3. The molecular weight excluding hydrogens is 244 g/mol. The highest BCUT2D eigenvalue weighted by molar-refractivity contribution is 5.32. The molecule has 19 heavy (non-hydrogen) atoms. The van der Waals surface area contributed by atoms with Crippen molar-refractivity contribution in [2.45, 2.75) is 44.2 Å². The Hall–Kier alpha value is -1.10. The molecule has 1 heterocycles. The fraction of sp³-hybridized carbons (Fsp3) is 0.600. The van der Waals surface area contributed by atoms with Gasteiger partial charge < -0.3 is 19.3 Å². The molecule has 1 aromatic rings. The molecule has 2 unspecified atom stereocenters. The maximum Gasteiger partial charge on any atom is 0.172 e. The Morgan fingerprint density at radius 3 is 2.74 bits per heavy atom. The Bertz CT molecular complexity index is 440. The second kappa shape index (κ2) is 5.12. The van der Waals surface area contributed by atoms with Gasteiger partial charge in [-0.3, -0.25) is 0 Å². The SMILES string of the molecule is Cc1ccccc1OC1CC2(CCC1O)OCCO2. The van der Waals surface area contributed by atoms with Crippen LogP contribution in [0.15, 0.2) is 24.3 Å². The van der Waals surface area contributed by atoms with E-state index >= 15 is 0 Å². The van der Waals surface area contributed by atoms with Crippen LogP contribution in [-0.4, -0.2) is 36.3 Å². The van der Waals surface area contributed by atoms with Crippen molar-refractivity contribution >= 4 is 0 Å². The lowest BCUT2D eigenvalue weighted by Gasteiger charge is -2.39. The Morgan fingerprint density at radius 1 is 1.26 bits per heavy atom. The number of rotatable bonds is 2. The van der Waals surface area contributed by atoms with Gasteiger partial charge in [0.1, 0.15) is 11.9 Å². The fourth-order valence-electron chi connectivity index (χ4n) is 2.83. The molecule has 2 aliphatic rings. The highest BCUT2D eigenvalue weighted by atomic mass is 16.7. The summed E-state index contributed by atoms with van der Waals surface area (Å²) >= 11 is 0. The van der Waals surface area contributed by atoms with Crippen molar-refractivity contribution < 1.29 is 19.3 Å². The van der Waals surface area contributed by atoms with Crippen LogP contribution in [0.2, 0.25) is 0 Å². The highest BCUT2D eigenvalue weighted by Gasteiger charge is 2.45. The molecular formula is C15H20O4. The highest BCUT2D eigenvalue weighted by Crippen LogP contribution is 2.37. The van der Waals surface area contributed by atoms with Crippen molar-refractivity contribution in [3.63, 3.8) is 0 Å². The second-order valence-electron chi connectivity index (χ2n) is 5.34. The van der Waals surface area contributed by atoms with E-state index in [9.17, 15) is 5.11 Å². The molecule has 1 saturated carbocycles. The van der Waals surface area contributed by atoms with Gasteiger partial charge in [-0.2, -0.15) is 0 Å². The number of hydrogen-bond donors (Lipinski definition) is 1. The number of hydrogen-bond acceptors (Lipinski definition) is 4. The first kappa shape index (κ1) is 12.9. The van der Waals surface area contributed by atoms with Crippen LogP contribution in [0, 0.1) is 6.92 Å². The summed E-state index contributed by atoms with van der Waals surface area (Å²) in [5.41, 5.74) is 1.07. The first-order valence-electron chi connectivity index (χ1n) is 6.87. The summed E-state index contributed by atoms with van der Waals surface area (Å²) in [5, 5.41) is 10.1. The van der Waals surface area contributed by atoms with Gasteiger partial charge in [-0.1, -0.05) is 18.2 Å². The third-order valence-corrected chi connectivity index (χ3v) is 3.95. The molecule has 0 amide bonds. The molecule has 1 aliphatic carbocycles. The molecule has 0 bridgehead atoms. The summed E-state index contributed by atoms with van der Waals surface area (Å²) in [6, 6.07) is 7.85. The van der Waals surface area contributed by atoms with Gasteiger partial charge in [0, 0.05) is 12.8 Å². The number of aliphatic hydroxyl groups is 1. The van der Waals surface area contributed by atoms with Crippen molar-refractivity contribution in [1.82, 2.24) is 0 Å². The van der Waals surface area contributed by atoms with Crippen molar-refractivity contribution in [2.24, 2.45) is 0 Å². The maximum atomic E-state index is 10.1. The average Bonchev–Trinajstić information content (AvgIpc) is 2.85. The molecule has 1 saturated heterocycles. The third kappa shape index (κ3) is 2.61. The Kier molecular flexibility index (Phi) is 3.48. The molecule has 2 atom stereocenters. The van der Waals surface area contributed by atoms with E-state index in [1.807, 2.05) is 31.2 Å². The Labute approximate surface area is 113 Å². The lowest BCUT2D eigenvalue weighted by atomic mass is 9.89. The zero-order chi connectivity index (χ0) is 13.3. The smallest absolute Gasteiger partial charge is 0.172 e. The topological polar surface area (TPSA) is 47.9 Å². The van der Waals surface area contributed by atoms with Gasteiger partial charge >= 0.3 is 0 Å². The minimum Gasteiger partial charge on any atom is -0.487 e. The largest absolute Gasteiger partial charge is 0.487 e. The molecule has 104 valence electrons. The van der Waals surface area contributed by atoms with Crippen molar-refractivity contribution in [2.75, 3.05) is 13.2 Å². The van der Waals surface area contributed by atoms with Gasteiger partial charge in [0.2, 0.25) is 0 Å². The van der Waals surface area contributed by atoms with Crippen LogP contribution in [0.25, 0.3) is 0 Å². The van der Waals surface area contributed by atoms with Crippen LogP contribution in [0.1, 0.15) is 24.8 Å². The van der Waals surface area contributed by atoms with Crippen molar-refractivity contribution in [1.29, 1.82) is 0 Å². The van der Waals surface area contributed by atoms with Gasteiger partial charge in [0.15, 0.2) is 5.79 Å². The van der Waals surface area contributed by atoms with Gasteiger partial charge in [-0.25, -0.2) is 0 Å². The van der Waals surface area contributed by atoms with Crippen LogP contribution in [0.5, 0.6) is 5.75 Å². The lowest BCUT2D eigenvalue weighted by molar-refractivity contribution is -0.209. The van der Waals surface area contributed by atoms with E-state index in [4.69, 9.17) is 14.2 Å². The molecule has 4 heteroatoms. The van der Waals surface area contributed by atoms with Crippen LogP contribution in [-0.2, 0) is 9.47 Å². The molecule has 1 aromatic carbocycles. The fourth-order valence-corrected chi connectivity index (χ4v) is 2.83. The zero-order valence-corrected chi connectivity index (χ0v) is 11.2. The van der Waals surface area contributed by atoms with Gasteiger partial charge in [-0.15, -0.1) is 0 Å². The van der Waals surface area contributed by atoms with Crippen LogP contribution in [0.4, 0.5) is 0 Å². The standard InChI is InChI=1S/C15H20O4/c1-11-4-2-3-5-13(11)19-14-10-15(7-6-12(14)16)17-8-9-18-15/h2-5,12,14,16H,6-10H2,1H3. The summed E-state index contributed by atoms with van der Waals surface area (Å²) in [5.74, 6) is 0.286. The van der Waals surface area contributed by atoms with Crippen LogP contribution in [0.3, 0.4) is 0 Å². The number of aliphatic hydroxyl groups excluding tert-OH is 1. The van der Waals surface area contributed by atoms with Gasteiger partial charge in [0.25, 0.3) is 0 Å². The molecule has 1 aliphatic heterocycles. The predicted octanol–water partition coefficient (Wildman–Crippen LogP) is 2.03. The van der Waals surface area contributed by atoms with Gasteiger partial charge in [0.05, 0.1) is 19.3 Å². The molecule has 3 rings (SSSR count).